The second kappa shape index (κ2) is 8.43. The van der Waals surface area contributed by atoms with Crippen molar-refractivity contribution in [2.45, 2.75) is 13.8 Å². The number of imidazole rings is 1. The SMILES string of the molecule is C=C/N=C(/Oc1cc(OC)cc(-n2ccnc2)c1)c1cc(OC)c(C)cc1C. The van der Waals surface area contributed by atoms with Crippen molar-refractivity contribution in [2.24, 2.45) is 4.99 Å². The molecule has 0 radical (unpaired) electrons. The summed E-state index contributed by atoms with van der Waals surface area (Å²) >= 11 is 0. The number of hydrogen-bond acceptors (Lipinski definition) is 5. The maximum absolute atomic E-state index is 6.15. The molecule has 0 unspecified atom stereocenters. The molecule has 0 spiro atoms. The highest BCUT2D eigenvalue weighted by atomic mass is 16.5. The molecule has 0 aliphatic heterocycles. The van der Waals surface area contributed by atoms with E-state index in [2.05, 4.69) is 16.6 Å². The molecule has 1 aromatic heterocycles. The number of ether oxygens (including phenoxy) is 3. The van der Waals surface area contributed by atoms with Crippen molar-refractivity contribution in [1.29, 1.82) is 0 Å². The highest BCUT2D eigenvalue weighted by Gasteiger charge is 2.14. The van der Waals surface area contributed by atoms with Gasteiger partial charge in [-0.05, 0) is 31.0 Å². The topological polar surface area (TPSA) is 57.9 Å². The quantitative estimate of drug-likeness (QED) is 0.470. The zero-order valence-electron chi connectivity index (χ0n) is 16.5. The zero-order valence-corrected chi connectivity index (χ0v) is 16.5. The first-order chi connectivity index (χ1) is 13.5. The van der Waals surface area contributed by atoms with Crippen molar-refractivity contribution in [3.05, 3.63) is 78.5 Å². The molecular weight excluding hydrogens is 354 g/mol. The van der Waals surface area contributed by atoms with E-state index in [1.807, 2.05) is 48.9 Å². The second-order valence-corrected chi connectivity index (χ2v) is 6.19. The number of benzene rings is 2. The average Bonchev–Trinajstić information content (AvgIpc) is 3.22. The normalized spacial score (nSPS) is 11.2. The fraction of sp³-hybridized carbons (Fsp3) is 0.182. The van der Waals surface area contributed by atoms with Crippen molar-refractivity contribution in [3.8, 4) is 22.9 Å². The molecule has 3 aromatic rings. The summed E-state index contributed by atoms with van der Waals surface area (Å²) in [7, 11) is 3.26. The van der Waals surface area contributed by atoms with Crippen LogP contribution in [0.15, 0.2) is 66.8 Å². The number of nitrogens with zero attached hydrogens (tertiary/aromatic N) is 3. The van der Waals surface area contributed by atoms with Crippen LogP contribution in [-0.2, 0) is 0 Å². The van der Waals surface area contributed by atoms with Gasteiger partial charge >= 0.3 is 0 Å². The molecule has 6 nitrogen and oxygen atoms in total. The van der Waals surface area contributed by atoms with Gasteiger partial charge in [0, 0.05) is 42.4 Å². The van der Waals surface area contributed by atoms with Gasteiger partial charge in [0.2, 0.25) is 5.90 Å². The molecule has 28 heavy (non-hydrogen) atoms. The van der Waals surface area contributed by atoms with Gasteiger partial charge in [-0.25, -0.2) is 9.98 Å². The third-order valence-corrected chi connectivity index (χ3v) is 4.30. The smallest absolute Gasteiger partial charge is 0.226 e. The van der Waals surface area contributed by atoms with E-state index in [9.17, 15) is 0 Å². The maximum Gasteiger partial charge on any atom is 0.226 e. The van der Waals surface area contributed by atoms with Gasteiger partial charge in [-0.3, -0.25) is 0 Å². The first kappa shape index (κ1) is 19.2. The number of aryl methyl sites for hydroxylation is 2. The van der Waals surface area contributed by atoms with E-state index in [0.29, 0.717) is 17.4 Å². The lowest BCUT2D eigenvalue weighted by Crippen LogP contribution is -2.13. The molecule has 0 aliphatic rings. The van der Waals surface area contributed by atoms with Crippen LogP contribution >= 0.6 is 0 Å². The minimum absolute atomic E-state index is 0.427. The molecule has 0 fully saturated rings. The van der Waals surface area contributed by atoms with Crippen LogP contribution in [0, 0.1) is 13.8 Å². The molecule has 1 heterocycles. The number of aromatic nitrogens is 2. The van der Waals surface area contributed by atoms with Crippen LogP contribution in [-0.4, -0.2) is 29.7 Å². The van der Waals surface area contributed by atoms with Gasteiger partial charge in [0.1, 0.15) is 17.2 Å². The van der Waals surface area contributed by atoms with Gasteiger partial charge < -0.3 is 18.8 Å². The number of rotatable bonds is 6. The minimum atomic E-state index is 0.427. The van der Waals surface area contributed by atoms with E-state index < -0.39 is 0 Å². The molecule has 6 heteroatoms. The van der Waals surface area contributed by atoms with Crippen LogP contribution in [0.3, 0.4) is 0 Å². The second-order valence-electron chi connectivity index (χ2n) is 6.19. The van der Waals surface area contributed by atoms with Crippen LogP contribution in [0.25, 0.3) is 5.69 Å². The number of hydrogen-bond donors (Lipinski definition) is 0. The minimum Gasteiger partial charge on any atom is -0.497 e. The fourth-order valence-corrected chi connectivity index (χ4v) is 2.92. The lowest BCUT2D eigenvalue weighted by molar-refractivity contribution is 0.410. The molecule has 3 rings (SSSR count). The van der Waals surface area contributed by atoms with Gasteiger partial charge in [-0.15, -0.1) is 0 Å². The summed E-state index contributed by atoms with van der Waals surface area (Å²) in [4.78, 5) is 8.44. The Bertz CT molecular complexity index is 1010. The summed E-state index contributed by atoms with van der Waals surface area (Å²) in [5.74, 6) is 2.45. The van der Waals surface area contributed by atoms with Crippen molar-refractivity contribution in [1.82, 2.24) is 9.55 Å². The Labute approximate surface area is 164 Å². The first-order valence-corrected chi connectivity index (χ1v) is 8.75. The Balaban J connectivity index is 2.04. The molecule has 0 amide bonds. The summed E-state index contributed by atoms with van der Waals surface area (Å²) in [5, 5.41) is 0. The first-order valence-electron chi connectivity index (χ1n) is 8.75. The molecule has 0 bridgehead atoms. The molecule has 0 atom stereocenters. The summed E-state index contributed by atoms with van der Waals surface area (Å²) in [6.07, 6.45) is 6.74. The zero-order chi connectivity index (χ0) is 20.1. The highest BCUT2D eigenvalue weighted by molar-refractivity contribution is 5.98. The van der Waals surface area contributed by atoms with Gasteiger partial charge in [0.05, 0.1) is 26.2 Å². The molecule has 0 N–H and O–H groups in total. The van der Waals surface area contributed by atoms with Crippen molar-refractivity contribution >= 4 is 5.90 Å². The van der Waals surface area contributed by atoms with E-state index >= 15 is 0 Å². The van der Waals surface area contributed by atoms with E-state index in [1.165, 1.54) is 6.20 Å². The molecule has 144 valence electrons. The molecule has 0 saturated carbocycles. The van der Waals surface area contributed by atoms with Gasteiger partial charge in [0.25, 0.3) is 0 Å². The Morgan fingerprint density at radius 1 is 1.04 bits per heavy atom. The number of aliphatic imine (C=N–C) groups is 1. The molecule has 0 saturated heterocycles. The fourth-order valence-electron chi connectivity index (χ4n) is 2.92. The largest absolute Gasteiger partial charge is 0.497 e. The average molecular weight is 377 g/mol. The lowest BCUT2D eigenvalue weighted by atomic mass is 10.0. The molecule has 2 aromatic carbocycles. The van der Waals surface area contributed by atoms with Crippen molar-refractivity contribution in [2.75, 3.05) is 14.2 Å². The van der Waals surface area contributed by atoms with Crippen LogP contribution in [0.5, 0.6) is 17.2 Å². The van der Waals surface area contributed by atoms with E-state index in [4.69, 9.17) is 14.2 Å². The molecule has 0 aliphatic carbocycles. The van der Waals surface area contributed by atoms with E-state index in [1.54, 1.807) is 32.8 Å². The summed E-state index contributed by atoms with van der Waals surface area (Å²) in [5.41, 5.74) is 3.76. The molecular formula is C22H23N3O3. The Morgan fingerprint density at radius 2 is 1.82 bits per heavy atom. The van der Waals surface area contributed by atoms with Crippen LogP contribution in [0.4, 0.5) is 0 Å². The highest BCUT2D eigenvalue weighted by Crippen LogP contribution is 2.28. The van der Waals surface area contributed by atoms with Gasteiger partial charge in [-0.1, -0.05) is 12.6 Å². The summed E-state index contributed by atoms with van der Waals surface area (Å²) in [6.45, 7) is 7.72. The third-order valence-electron chi connectivity index (χ3n) is 4.30. The Kier molecular flexibility index (Phi) is 5.79. The van der Waals surface area contributed by atoms with Crippen molar-refractivity contribution in [3.63, 3.8) is 0 Å². The standard InChI is InChI=1S/C22H23N3O3/c1-6-24-22(20-13-21(27-5)16(3)9-15(20)2)28-19-11-17(10-18(12-19)26-4)25-8-7-23-14-25/h6-14H,1H2,2-5H3/b24-22+. The monoisotopic (exact) mass is 377 g/mol. The van der Waals surface area contributed by atoms with Crippen LogP contribution in [0.2, 0.25) is 0 Å². The predicted octanol–water partition coefficient (Wildman–Crippen LogP) is 4.48. The summed E-state index contributed by atoms with van der Waals surface area (Å²) in [6, 6.07) is 9.56. The third kappa shape index (κ3) is 4.06. The van der Waals surface area contributed by atoms with Crippen LogP contribution in [0.1, 0.15) is 16.7 Å². The van der Waals surface area contributed by atoms with Crippen molar-refractivity contribution < 1.29 is 14.2 Å². The predicted molar refractivity (Wildman–Crippen MR) is 110 cm³/mol. The summed E-state index contributed by atoms with van der Waals surface area (Å²) < 4.78 is 18.9. The lowest BCUT2D eigenvalue weighted by Gasteiger charge is -2.15. The Hall–Kier alpha value is -3.54. The van der Waals surface area contributed by atoms with E-state index in [-0.39, 0.29) is 0 Å². The Morgan fingerprint density at radius 3 is 2.46 bits per heavy atom. The van der Waals surface area contributed by atoms with Crippen LogP contribution < -0.4 is 14.2 Å². The van der Waals surface area contributed by atoms with Gasteiger partial charge in [-0.2, -0.15) is 0 Å². The van der Waals surface area contributed by atoms with Gasteiger partial charge in [0.15, 0.2) is 0 Å². The van der Waals surface area contributed by atoms with E-state index in [0.717, 1.165) is 28.1 Å². The number of methoxy groups -OCH3 is 2. The maximum atomic E-state index is 6.15.